The molecule has 0 aliphatic carbocycles. The van der Waals surface area contributed by atoms with Gasteiger partial charge in [-0.1, -0.05) is 132 Å². The maximum atomic E-state index is 5.12. The minimum Gasteiger partial charge on any atom is -0.254 e. The van der Waals surface area contributed by atoms with Crippen LogP contribution in [0.25, 0.3) is 67.6 Å². The summed E-state index contributed by atoms with van der Waals surface area (Å²) in [5.74, 6) is 1.96. The SMILES string of the molecule is C1=CI=c2c3c(ccc2=C1)C=CC(c1nc(-c2ccc4ccccc4c2)nc(-c2ccc4ccc5cccnc5c4n2)n1)=I3. The van der Waals surface area contributed by atoms with Crippen molar-refractivity contribution in [1.82, 2.24) is 24.9 Å². The molecule has 9 rings (SSSR count). The predicted molar refractivity (Wildman–Crippen MR) is 197 cm³/mol. The molecule has 0 radical (unpaired) electrons. The molecule has 0 spiro atoms. The van der Waals surface area contributed by atoms with Crippen LogP contribution in [0.5, 0.6) is 0 Å². The first-order valence-electron chi connectivity index (χ1n) is 14.2. The average Bonchev–Trinajstić information content (AvgIpc) is 3.10. The number of halogens is 2. The highest BCUT2D eigenvalue weighted by atomic mass is 127. The Hall–Kier alpha value is -4.35. The van der Waals surface area contributed by atoms with Gasteiger partial charge in [-0.25, -0.2) is 19.9 Å². The number of nitrogens with zero attached hydrogens (tertiary/aromatic N) is 5. The third-order valence-corrected chi connectivity index (χ3v) is 14.5. The van der Waals surface area contributed by atoms with Gasteiger partial charge in [0, 0.05) is 29.3 Å². The van der Waals surface area contributed by atoms with E-state index in [9.17, 15) is 0 Å². The van der Waals surface area contributed by atoms with E-state index in [1.807, 2.05) is 18.3 Å². The lowest BCUT2D eigenvalue weighted by atomic mass is 10.1. The van der Waals surface area contributed by atoms with Crippen molar-refractivity contribution in [3.8, 4) is 22.9 Å². The molecule has 7 heteroatoms. The van der Waals surface area contributed by atoms with Gasteiger partial charge in [0.1, 0.15) is 5.69 Å². The van der Waals surface area contributed by atoms with Crippen LogP contribution in [0.1, 0.15) is 11.4 Å². The number of rotatable bonds is 3. The number of benzene rings is 4. The third kappa shape index (κ3) is 4.53. The molecule has 4 aromatic carbocycles. The zero-order valence-corrected chi connectivity index (χ0v) is 27.4. The summed E-state index contributed by atoms with van der Waals surface area (Å²) in [6, 6.07) is 31.6. The minimum atomic E-state index is -0.494. The fourth-order valence-electron chi connectivity index (χ4n) is 5.60. The van der Waals surface area contributed by atoms with Gasteiger partial charge >= 0.3 is 0 Å². The van der Waals surface area contributed by atoms with Crippen molar-refractivity contribution in [2.75, 3.05) is 0 Å². The van der Waals surface area contributed by atoms with Gasteiger partial charge in [-0.05, 0) is 49.9 Å². The topological polar surface area (TPSA) is 64.5 Å². The number of hydrogen-bond acceptors (Lipinski definition) is 5. The molecule has 3 aromatic heterocycles. The van der Waals surface area contributed by atoms with E-state index in [2.05, 4.69) is 112 Å². The summed E-state index contributed by atoms with van der Waals surface area (Å²) in [6.07, 6.45) is 10.7. The van der Waals surface area contributed by atoms with Crippen molar-refractivity contribution in [3.05, 3.63) is 137 Å². The monoisotopic (exact) mass is 789 g/mol. The molecule has 2 aliphatic heterocycles. The van der Waals surface area contributed by atoms with Gasteiger partial charge in [0.25, 0.3) is 0 Å². The van der Waals surface area contributed by atoms with Crippen LogP contribution in [0, 0.1) is 6.72 Å². The highest BCUT2D eigenvalue weighted by Crippen LogP contribution is 2.32. The van der Waals surface area contributed by atoms with Gasteiger partial charge in [0.15, 0.2) is 17.5 Å². The average molecular weight is 789 g/mol. The van der Waals surface area contributed by atoms with E-state index in [0.29, 0.717) is 17.3 Å². The van der Waals surface area contributed by atoms with E-state index in [1.165, 1.54) is 26.4 Å². The van der Waals surface area contributed by atoms with Gasteiger partial charge in [-0.2, -0.15) is 0 Å². The standard InChI is InChI=1S/C37H21I2N5/c1-2-6-27-21-28(14-9-22(27)5-1)35-42-36(29-17-15-24-11-10-23-7-3-19-38-31(23)32(24)39-29)44-37(43-35)30-18-16-26-13-12-25-8-4-20-40-33(25)34(26)41-30/h1-21H. The molecule has 44 heavy (non-hydrogen) atoms. The summed E-state index contributed by atoms with van der Waals surface area (Å²) >= 11 is -0.642. The van der Waals surface area contributed by atoms with Crippen LogP contribution in [-0.2, 0) is 0 Å². The van der Waals surface area contributed by atoms with Crippen molar-refractivity contribution < 1.29 is 0 Å². The quantitative estimate of drug-likeness (QED) is 0.133. The summed E-state index contributed by atoms with van der Waals surface area (Å²) in [7, 11) is 0. The molecule has 7 aromatic rings. The molecule has 0 unspecified atom stereocenters. The first-order valence-corrected chi connectivity index (χ1v) is 18.7. The van der Waals surface area contributed by atoms with E-state index in [1.54, 1.807) is 0 Å². The molecule has 0 saturated heterocycles. The van der Waals surface area contributed by atoms with Crippen LogP contribution in [-0.4, -0.2) is 28.4 Å². The van der Waals surface area contributed by atoms with Crippen molar-refractivity contribution >= 4 is 89.7 Å². The Bertz CT molecular complexity index is 2570. The summed E-state index contributed by atoms with van der Waals surface area (Å²) < 4.78 is 6.59. The fourth-order valence-corrected chi connectivity index (χ4v) is 11.8. The molecule has 0 fully saturated rings. The number of pyridine rings is 2. The number of hydrogen-bond donors (Lipinski definition) is 0. The van der Waals surface area contributed by atoms with Crippen molar-refractivity contribution in [2.45, 2.75) is 0 Å². The second-order valence-electron chi connectivity index (χ2n) is 10.5. The van der Waals surface area contributed by atoms with Crippen molar-refractivity contribution in [3.63, 3.8) is 0 Å². The first kappa shape index (κ1) is 26.1. The van der Waals surface area contributed by atoms with Crippen LogP contribution in [0.15, 0.2) is 113 Å². The molecule has 0 bridgehead atoms. The highest BCUT2D eigenvalue weighted by molar-refractivity contribution is 14.2. The zero-order chi connectivity index (χ0) is 29.0. The van der Waals surface area contributed by atoms with Gasteiger partial charge < -0.3 is 0 Å². The smallest absolute Gasteiger partial charge is 0.182 e. The minimum absolute atomic E-state index is 0.148. The Morgan fingerprint density at radius 3 is 2.34 bits per heavy atom. The molecule has 2 aliphatic rings. The van der Waals surface area contributed by atoms with E-state index in [0.717, 1.165) is 38.6 Å². The maximum absolute atomic E-state index is 5.12. The Balaban J connectivity index is 1.27. The van der Waals surface area contributed by atoms with Crippen LogP contribution in [0.2, 0.25) is 0 Å². The third-order valence-electron chi connectivity index (χ3n) is 7.79. The summed E-state index contributed by atoms with van der Waals surface area (Å²) in [4.78, 5) is 25.0. The summed E-state index contributed by atoms with van der Waals surface area (Å²) in [6.45, 7) is 0. The molecular weight excluding hydrogens is 768 g/mol. The molecule has 0 saturated carbocycles. The fraction of sp³-hybridized carbons (Fsp3) is 0. The molecule has 0 amide bonds. The first-order chi connectivity index (χ1) is 21.8. The second-order valence-corrected chi connectivity index (χ2v) is 15.7. The summed E-state index contributed by atoms with van der Waals surface area (Å²) in [5.41, 5.74) is 4.73. The van der Waals surface area contributed by atoms with Crippen molar-refractivity contribution in [1.29, 1.82) is 0 Å². The molecule has 5 heterocycles. The van der Waals surface area contributed by atoms with E-state index in [4.69, 9.17) is 19.9 Å². The van der Waals surface area contributed by atoms with Crippen LogP contribution in [0.4, 0.5) is 0 Å². The second kappa shape index (κ2) is 10.7. The summed E-state index contributed by atoms with van der Waals surface area (Å²) in [5, 5.41) is 5.80. The van der Waals surface area contributed by atoms with E-state index >= 15 is 0 Å². The lowest BCUT2D eigenvalue weighted by Crippen LogP contribution is -2.11. The molecule has 5 nitrogen and oxygen atoms in total. The Kier molecular flexibility index (Phi) is 6.33. The lowest BCUT2D eigenvalue weighted by molar-refractivity contribution is 1.04. The largest absolute Gasteiger partial charge is 0.254 e. The van der Waals surface area contributed by atoms with Gasteiger partial charge in [-0.3, -0.25) is 4.98 Å². The molecule has 0 atom stereocenters. The Morgan fingerprint density at radius 1 is 0.591 bits per heavy atom. The van der Waals surface area contributed by atoms with Crippen LogP contribution >= 0.6 is 41.5 Å². The van der Waals surface area contributed by atoms with Gasteiger partial charge in [0.05, 0.1) is 14.5 Å². The lowest BCUT2D eigenvalue weighted by Gasteiger charge is -2.13. The normalized spacial score (nSPS) is 13.7. The number of fused-ring (bicyclic) bond motifs is 7. The predicted octanol–water partition coefficient (Wildman–Crippen LogP) is 8.37. The number of aromatic nitrogens is 5. The van der Waals surface area contributed by atoms with Crippen LogP contribution < -0.4 is 5.22 Å². The van der Waals surface area contributed by atoms with Crippen LogP contribution in [0.3, 0.4) is 0 Å². The number of allylic oxidation sites excluding steroid dienone is 2. The highest BCUT2D eigenvalue weighted by Gasteiger charge is 2.18. The Labute approximate surface area is 272 Å². The van der Waals surface area contributed by atoms with Crippen molar-refractivity contribution in [2.24, 2.45) is 0 Å². The van der Waals surface area contributed by atoms with E-state index < -0.39 is 20.7 Å². The maximum Gasteiger partial charge on any atom is 0.182 e. The Morgan fingerprint density at radius 2 is 1.39 bits per heavy atom. The molecule has 0 N–H and O–H groups in total. The molecule has 208 valence electrons. The zero-order valence-electron chi connectivity index (χ0n) is 23.1. The van der Waals surface area contributed by atoms with E-state index in [-0.39, 0.29) is 20.7 Å². The van der Waals surface area contributed by atoms with Gasteiger partial charge in [0.2, 0.25) is 0 Å². The van der Waals surface area contributed by atoms with Gasteiger partial charge in [-0.15, -0.1) is 0 Å². The molecular formula is C37H21I2N5.